The highest BCUT2D eigenvalue weighted by molar-refractivity contribution is 5.85. The van der Waals surface area contributed by atoms with E-state index >= 15 is 0 Å². The Balaban J connectivity index is 1.48. The molecule has 1 aliphatic carbocycles. The highest BCUT2D eigenvalue weighted by atomic mass is 16.7. The molecule has 0 bridgehead atoms. The molecule has 1 saturated carbocycles. The first kappa shape index (κ1) is 10.7. The zero-order chi connectivity index (χ0) is 11.7. The van der Waals surface area contributed by atoms with Gasteiger partial charge >= 0.3 is 0 Å². The Morgan fingerprint density at radius 3 is 3.29 bits per heavy atom. The number of hydrogen-bond acceptors (Lipinski definition) is 4. The van der Waals surface area contributed by atoms with Gasteiger partial charge in [-0.1, -0.05) is 6.07 Å². The van der Waals surface area contributed by atoms with Gasteiger partial charge in [-0.25, -0.2) is 5.48 Å². The van der Waals surface area contributed by atoms with Crippen LogP contribution in [0, 0.1) is 11.3 Å². The third-order valence-corrected chi connectivity index (χ3v) is 3.49. The van der Waals surface area contributed by atoms with Crippen molar-refractivity contribution in [2.75, 3.05) is 13.2 Å². The van der Waals surface area contributed by atoms with E-state index in [-0.39, 0.29) is 11.3 Å². The number of aromatic nitrogens is 1. The molecule has 1 aromatic heterocycles. The number of ether oxygens (including phenoxy) is 1. The normalized spacial score (nSPS) is 29.8. The lowest BCUT2D eigenvalue weighted by Crippen LogP contribution is -2.34. The molecule has 1 aromatic rings. The Hall–Kier alpha value is -1.46. The van der Waals surface area contributed by atoms with Crippen molar-refractivity contribution < 1.29 is 14.4 Å². The maximum atomic E-state index is 11.9. The van der Waals surface area contributed by atoms with E-state index in [1.54, 1.807) is 12.4 Å². The summed E-state index contributed by atoms with van der Waals surface area (Å²) in [6.45, 7) is 1.57. The van der Waals surface area contributed by atoms with Crippen LogP contribution in [0.15, 0.2) is 24.5 Å². The number of amides is 1. The van der Waals surface area contributed by atoms with Crippen LogP contribution in [0.2, 0.25) is 0 Å². The zero-order valence-electron chi connectivity index (χ0n) is 9.39. The van der Waals surface area contributed by atoms with Crippen LogP contribution >= 0.6 is 0 Å². The second-order valence-electron chi connectivity index (χ2n) is 4.65. The molecule has 5 nitrogen and oxygen atoms in total. The number of carbonyl (C=O) groups excluding carboxylic acids is 1. The largest absolute Gasteiger partial charge is 0.380 e. The quantitative estimate of drug-likeness (QED) is 0.778. The minimum absolute atomic E-state index is 0.0520. The van der Waals surface area contributed by atoms with E-state index in [0.29, 0.717) is 25.7 Å². The number of nitrogens with one attached hydrogen (secondary N) is 1. The van der Waals surface area contributed by atoms with Crippen LogP contribution in [0.25, 0.3) is 0 Å². The maximum absolute atomic E-state index is 11.9. The van der Waals surface area contributed by atoms with Crippen LogP contribution in [0.4, 0.5) is 0 Å². The standard InChI is InChI=1S/C12H14N2O3/c15-11(12-4-10(12)7-16-8-12)14-17-6-9-2-1-3-13-5-9/h1-3,5,10H,4,6-8H2,(H,14,15)/t10-,12-/m0/s1. The predicted molar refractivity (Wildman–Crippen MR) is 58.5 cm³/mol. The minimum atomic E-state index is -0.297. The molecule has 1 aliphatic heterocycles. The summed E-state index contributed by atoms with van der Waals surface area (Å²) in [4.78, 5) is 21.0. The van der Waals surface area contributed by atoms with Gasteiger partial charge in [0.15, 0.2) is 0 Å². The lowest BCUT2D eigenvalue weighted by molar-refractivity contribution is -0.141. The zero-order valence-corrected chi connectivity index (χ0v) is 9.39. The molecular weight excluding hydrogens is 220 g/mol. The molecule has 1 saturated heterocycles. The molecule has 0 unspecified atom stereocenters. The summed E-state index contributed by atoms with van der Waals surface area (Å²) in [5, 5.41) is 0. The Kier molecular flexibility index (Phi) is 2.57. The second-order valence-corrected chi connectivity index (χ2v) is 4.65. The summed E-state index contributed by atoms with van der Waals surface area (Å²) in [7, 11) is 0. The lowest BCUT2D eigenvalue weighted by Gasteiger charge is -2.11. The number of rotatable bonds is 4. The number of fused-ring (bicyclic) bond motifs is 1. The third-order valence-electron chi connectivity index (χ3n) is 3.49. The molecule has 3 rings (SSSR count). The van der Waals surface area contributed by atoms with Crippen LogP contribution in [0.3, 0.4) is 0 Å². The lowest BCUT2D eigenvalue weighted by atomic mass is 10.1. The molecule has 0 aromatic carbocycles. The van der Waals surface area contributed by atoms with Gasteiger partial charge in [0.25, 0.3) is 5.91 Å². The minimum Gasteiger partial charge on any atom is -0.380 e. The third kappa shape index (κ3) is 1.92. The monoisotopic (exact) mass is 234 g/mol. The Bertz CT molecular complexity index is 423. The molecule has 90 valence electrons. The van der Waals surface area contributed by atoms with Crippen molar-refractivity contribution in [2.45, 2.75) is 13.0 Å². The van der Waals surface area contributed by atoms with E-state index in [1.165, 1.54) is 0 Å². The van der Waals surface area contributed by atoms with E-state index < -0.39 is 0 Å². The fourth-order valence-electron chi connectivity index (χ4n) is 2.27. The van der Waals surface area contributed by atoms with E-state index in [1.807, 2.05) is 12.1 Å². The molecule has 0 radical (unpaired) electrons. The predicted octanol–water partition coefficient (Wildman–Crippen LogP) is 0.666. The Labute approximate surface area is 99.1 Å². The van der Waals surface area contributed by atoms with Gasteiger partial charge in [-0.15, -0.1) is 0 Å². The van der Waals surface area contributed by atoms with Gasteiger partial charge < -0.3 is 4.74 Å². The summed E-state index contributed by atoms with van der Waals surface area (Å²) in [5.41, 5.74) is 3.14. The first-order chi connectivity index (χ1) is 8.31. The summed E-state index contributed by atoms with van der Waals surface area (Å²) in [5.74, 6) is 0.341. The average Bonchev–Trinajstić information content (AvgIpc) is 2.93. The number of nitrogens with zero attached hydrogens (tertiary/aromatic N) is 1. The Morgan fingerprint density at radius 1 is 1.71 bits per heavy atom. The summed E-state index contributed by atoms with van der Waals surface area (Å²) in [6, 6.07) is 3.73. The second kappa shape index (κ2) is 4.09. The van der Waals surface area contributed by atoms with Crippen molar-refractivity contribution >= 4 is 5.91 Å². The SMILES string of the molecule is O=C(NOCc1cccnc1)[C@@]12COC[C@@H]1C2. The molecule has 5 heteroatoms. The number of carbonyl (C=O) groups is 1. The van der Waals surface area contributed by atoms with E-state index in [4.69, 9.17) is 9.57 Å². The van der Waals surface area contributed by atoms with Crippen molar-refractivity contribution in [2.24, 2.45) is 11.3 Å². The fourth-order valence-corrected chi connectivity index (χ4v) is 2.27. The summed E-state index contributed by atoms with van der Waals surface area (Å²) >= 11 is 0. The number of pyridine rings is 1. The van der Waals surface area contributed by atoms with Crippen LogP contribution in [-0.2, 0) is 21.0 Å². The molecule has 2 atom stereocenters. The number of hydroxylamine groups is 1. The van der Waals surface area contributed by atoms with Gasteiger partial charge in [-0.2, -0.15) is 0 Å². The van der Waals surface area contributed by atoms with Crippen LogP contribution in [-0.4, -0.2) is 24.1 Å². The molecule has 2 aliphatic rings. The molecule has 0 spiro atoms. The topological polar surface area (TPSA) is 60.5 Å². The van der Waals surface area contributed by atoms with Crippen molar-refractivity contribution in [3.8, 4) is 0 Å². The maximum Gasteiger partial charge on any atom is 0.252 e. The van der Waals surface area contributed by atoms with Gasteiger partial charge in [0.2, 0.25) is 0 Å². The number of hydrogen-bond donors (Lipinski definition) is 1. The van der Waals surface area contributed by atoms with Gasteiger partial charge in [0, 0.05) is 18.3 Å². The van der Waals surface area contributed by atoms with Crippen molar-refractivity contribution in [3.63, 3.8) is 0 Å². The smallest absolute Gasteiger partial charge is 0.252 e. The van der Waals surface area contributed by atoms with Crippen LogP contribution in [0.5, 0.6) is 0 Å². The first-order valence-electron chi connectivity index (χ1n) is 5.70. The molecule has 2 heterocycles. The van der Waals surface area contributed by atoms with Crippen LogP contribution in [0.1, 0.15) is 12.0 Å². The Morgan fingerprint density at radius 2 is 2.65 bits per heavy atom. The van der Waals surface area contributed by atoms with Gasteiger partial charge in [-0.3, -0.25) is 14.6 Å². The fraction of sp³-hybridized carbons (Fsp3) is 0.500. The summed E-state index contributed by atoms with van der Waals surface area (Å²) in [6.07, 6.45) is 4.34. The molecule has 1 N–H and O–H groups in total. The first-order valence-corrected chi connectivity index (χ1v) is 5.70. The van der Waals surface area contributed by atoms with Gasteiger partial charge in [0.1, 0.15) is 6.61 Å². The molecule has 2 fully saturated rings. The van der Waals surface area contributed by atoms with Gasteiger partial charge in [-0.05, 0) is 18.1 Å². The van der Waals surface area contributed by atoms with Gasteiger partial charge in [0.05, 0.1) is 18.6 Å². The average molecular weight is 234 g/mol. The van der Waals surface area contributed by atoms with Crippen molar-refractivity contribution in [3.05, 3.63) is 30.1 Å². The molecule has 1 amide bonds. The van der Waals surface area contributed by atoms with Crippen LogP contribution < -0.4 is 5.48 Å². The molecular formula is C12H14N2O3. The van der Waals surface area contributed by atoms with E-state index in [2.05, 4.69) is 10.5 Å². The van der Waals surface area contributed by atoms with Crippen molar-refractivity contribution in [1.82, 2.24) is 10.5 Å². The highest BCUT2D eigenvalue weighted by Crippen LogP contribution is 2.56. The summed E-state index contributed by atoms with van der Waals surface area (Å²) < 4.78 is 5.27. The van der Waals surface area contributed by atoms with Crippen molar-refractivity contribution in [1.29, 1.82) is 0 Å². The molecule has 17 heavy (non-hydrogen) atoms. The van der Waals surface area contributed by atoms with E-state index in [0.717, 1.165) is 12.0 Å². The highest BCUT2D eigenvalue weighted by Gasteiger charge is 2.63. The van der Waals surface area contributed by atoms with E-state index in [9.17, 15) is 4.79 Å².